The average molecular weight is 307 g/mol. The van der Waals surface area contributed by atoms with E-state index in [0.717, 1.165) is 12.2 Å². The summed E-state index contributed by atoms with van der Waals surface area (Å²) in [4.78, 5) is 17.9. The number of aromatic nitrogens is 1. The van der Waals surface area contributed by atoms with Crippen molar-refractivity contribution in [1.82, 2.24) is 9.88 Å². The third kappa shape index (κ3) is 3.77. The molecule has 1 atom stereocenters. The number of rotatable bonds is 5. The monoisotopic (exact) mass is 306 g/mol. The van der Waals surface area contributed by atoms with Crippen LogP contribution in [0.25, 0.3) is 0 Å². The average Bonchev–Trinajstić information content (AvgIpc) is 2.37. The molecular formula is C12H16Cl2N2OS. The molecule has 6 heteroatoms. The lowest BCUT2D eigenvalue weighted by molar-refractivity contribution is 0.0743. The predicted molar refractivity (Wildman–Crippen MR) is 78.8 cm³/mol. The van der Waals surface area contributed by atoms with E-state index >= 15 is 0 Å². The zero-order valence-electron chi connectivity index (χ0n) is 10.6. The van der Waals surface area contributed by atoms with Crippen molar-refractivity contribution in [3.63, 3.8) is 0 Å². The predicted octanol–water partition coefficient (Wildman–Crippen LogP) is 3.60. The summed E-state index contributed by atoms with van der Waals surface area (Å²) in [5, 5.41) is 0.601. The molecule has 1 amide bonds. The van der Waals surface area contributed by atoms with Crippen LogP contribution in [0.4, 0.5) is 0 Å². The summed E-state index contributed by atoms with van der Waals surface area (Å²) in [5.74, 6) is 0.778. The second-order valence-corrected chi connectivity index (χ2v) is 5.63. The highest BCUT2D eigenvalue weighted by Gasteiger charge is 2.21. The van der Waals surface area contributed by atoms with Gasteiger partial charge in [0.05, 0.1) is 10.6 Å². The number of amides is 1. The van der Waals surface area contributed by atoms with Gasteiger partial charge in [-0.3, -0.25) is 4.79 Å². The van der Waals surface area contributed by atoms with Crippen LogP contribution in [-0.4, -0.2) is 40.9 Å². The van der Waals surface area contributed by atoms with Crippen molar-refractivity contribution >= 4 is 40.9 Å². The summed E-state index contributed by atoms with van der Waals surface area (Å²) in [5.41, 5.74) is 0.402. The summed E-state index contributed by atoms with van der Waals surface area (Å²) >= 11 is 13.5. The third-order valence-electron chi connectivity index (χ3n) is 2.75. The molecule has 0 fully saturated rings. The molecule has 0 aliphatic rings. The van der Waals surface area contributed by atoms with Gasteiger partial charge in [-0.15, -0.1) is 0 Å². The Kier molecular flexibility index (Phi) is 6.26. The fourth-order valence-electron chi connectivity index (χ4n) is 1.63. The van der Waals surface area contributed by atoms with Crippen molar-refractivity contribution in [1.29, 1.82) is 0 Å². The highest BCUT2D eigenvalue weighted by Crippen LogP contribution is 2.21. The van der Waals surface area contributed by atoms with E-state index in [2.05, 4.69) is 11.9 Å². The Morgan fingerprint density at radius 3 is 2.78 bits per heavy atom. The van der Waals surface area contributed by atoms with Crippen LogP contribution in [-0.2, 0) is 0 Å². The molecule has 1 heterocycles. The first-order chi connectivity index (χ1) is 8.51. The number of carbonyl (C=O) groups excluding carboxylic acids is 1. The second-order valence-electron chi connectivity index (χ2n) is 3.92. The first kappa shape index (κ1) is 15.6. The third-order valence-corrected chi connectivity index (χ3v) is 3.98. The summed E-state index contributed by atoms with van der Waals surface area (Å²) in [7, 11) is 1.79. The Morgan fingerprint density at radius 1 is 1.56 bits per heavy atom. The van der Waals surface area contributed by atoms with Crippen molar-refractivity contribution in [2.45, 2.75) is 19.4 Å². The molecule has 0 spiro atoms. The van der Waals surface area contributed by atoms with Crippen LogP contribution in [0.3, 0.4) is 0 Å². The highest BCUT2D eigenvalue weighted by molar-refractivity contribution is 7.98. The Morgan fingerprint density at radius 2 is 2.22 bits per heavy atom. The lowest BCUT2D eigenvalue weighted by Gasteiger charge is -2.27. The highest BCUT2D eigenvalue weighted by atomic mass is 35.5. The number of thioether (sulfide) groups is 1. The number of halogens is 2. The minimum absolute atomic E-state index is 0.120. The Bertz CT molecular complexity index is 429. The van der Waals surface area contributed by atoms with Gasteiger partial charge in [-0.25, -0.2) is 4.98 Å². The van der Waals surface area contributed by atoms with Gasteiger partial charge in [-0.05, 0) is 18.7 Å². The van der Waals surface area contributed by atoms with Gasteiger partial charge < -0.3 is 4.90 Å². The normalized spacial score (nSPS) is 12.3. The lowest BCUT2D eigenvalue weighted by Crippen LogP contribution is -2.38. The summed E-state index contributed by atoms with van der Waals surface area (Å²) in [6.07, 6.45) is 4.33. The molecule has 1 aromatic heterocycles. The summed E-state index contributed by atoms with van der Waals surface area (Å²) in [6, 6.07) is 1.70. The molecule has 1 unspecified atom stereocenters. The van der Waals surface area contributed by atoms with E-state index in [-0.39, 0.29) is 17.1 Å². The molecule has 0 saturated heterocycles. The van der Waals surface area contributed by atoms with E-state index in [9.17, 15) is 4.79 Å². The van der Waals surface area contributed by atoms with Crippen molar-refractivity contribution in [3.05, 3.63) is 28.0 Å². The van der Waals surface area contributed by atoms with Crippen LogP contribution in [0.1, 0.15) is 23.7 Å². The SMILES string of the molecule is CCC(CSC)N(C)C(=O)c1cc(Cl)ncc1Cl. The maximum atomic E-state index is 12.3. The number of nitrogens with zero attached hydrogens (tertiary/aromatic N) is 2. The van der Waals surface area contributed by atoms with Crippen molar-refractivity contribution < 1.29 is 4.79 Å². The van der Waals surface area contributed by atoms with Crippen LogP contribution < -0.4 is 0 Å². The maximum absolute atomic E-state index is 12.3. The fraction of sp³-hybridized carbons (Fsp3) is 0.500. The van der Waals surface area contributed by atoms with E-state index in [1.54, 1.807) is 23.7 Å². The van der Waals surface area contributed by atoms with Gasteiger partial charge in [0.2, 0.25) is 0 Å². The van der Waals surface area contributed by atoms with E-state index in [1.807, 2.05) is 6.26 Å². The van der Waals surface area contributed by atoms with Crippen LogP contribution in [0.2, 0.25) is 10.2 Å². The molecule has 0 aliphatic carbocycles. The largest absolute Gasteiger partial charge is 0.338 e. The minimum atomic E-state index is -0.120. The number of carbonyl (C=O) groups is 1. The van der Waals surface area contributed by atoms with Crippen LogP contribution in [0.15, 0.2) is 12.3 Å². The van der Waals surface area contributed by atoms with Gasteiger partial charge in [0.25, 0.3) is 5.91 Å². The standard InChI is InChI=1S/C12H16Cl2N2OS/c1-4-8(7-18-3)16(2)12(17)9-5-11(14)15-6-10(9)13/h5-6,8H,4,7H2,1-3H3. The molecule has 0 bridgehead atoms. The zero-order valence-corrected chi connectivity index (χ0v) is 12.9. The zero-order chi connectivity index (χ0) is 13.7. The minimum Gasteiger partial charge on any atom is -0.338 e. The molecule has 3 nitrogen and oxygen atoms in total. The molecule has 1 rings (SSSR count). The first-order valence-electron chi connectivity index (χ1n) is 5.58. The molecule has 0 aromatic carbocycles. The lowest BCUT2D eigenvalue weighted by atomic mass is 10.2. The number of hydrogen-bond donors (Lipinski definition) is 0. The van der Waals surface area contributed by atoms with Crippen molar-refractivity contribution in [2.75, 3.05) is 19.1 Å². The second kappa shape index (κ2) is 7.22. The van der Waals surface area contributed by atoms with Crippen molar-refractivity contribution in [3.8, 4) is 0 Å². The molecule has 0 N–H and O–H groups in total. The molecule has 1 aromatic rings. The first-order valence-corrected chi connectivity index (χ1v) is 7.73. The van der Waals surface area contributed by atoms with Gasteiger partial charge >= 0.3 is 0 Å². The molecule has 100 valence electrons. The number of hydrogen-bond acceptors (Lipinski definition) is 3. The van der Waals surface area contributed by atoms with Crippen LogP contribution >= 0.6 is 35.0 Å². The maximum Gasteiger partial charge on any atom is 0.255 e. The van der Waals surface area contributed by atoms with E-state index in [1.165, 1.54) is 12.3 Å². The molecule has 0 saturated carbocycles. The van der Waals surface area contributed by atoms with Gasteiger partial charge in [0.1, 0.15) is 5.15 Å². The topological polar surface area (TPSA) is 33.2 Å². The van der Waals surface area contributed by atoms with Gasteiger partial charge in [0.15, 0.2) is 0 Å². The Hall–Kier alpha value is -0.450. The van der Waals surface area contributed by atoms with E-state index in [0.29, 0.717) is 10.6 Å². The van der Waals surface area contributed by atoms with E-state index in [4.69, 9.17) is 23.2 Å². The van der Waals surface area contributed by atoms with Crippen LogP contribution in [0, 0.1) is 0 Å². The van der Waals surface area contributed by atoms with Gasteiger partial charge in [-0.2, -0.15) is 11.8 Å². The van der Waals surface area contributed by atoms with E-state index < -0.39 is 0 Å². The molecule has 0 radical (unpaired) electrons. The fourth-order valence-corrected chi connectivity index (χ4v) is 2.81. The van der Waals surface area contributed by atoms with Gasteiger partial charge in [0, 0.05) is 25.0 Å². The quantitative estimate of drug-likeness (QED) is 0.779. The Labute approximate surface area is 122 Å². The number of pyridine rings is 1. The van der Waals surface area contributed by atoms with Gasteiger partial charge in [-0.1, -0.05) is 30.1 Å². The van der Waals surface area contributed by atoms with Crippen LogP contribution in [0.5, 0.6) is 0 Å². The van der Waals surface area contributed by atoms with Crippen molar-refractivity contribution in [2.24, 2.45) is 0 Å². The molecule has 18 heavy (non-hydrogen) atoms. The molecular weight excluding hydrogens is 291 g/mol. The summed E-state index contributed by atoms with van der Waals surface area (Å²) < 4.78 is 0. The smallest absolute Gasteiger partial charge is 0.255 e. The summed E-state index contributed by atoms with van der Waals surface area (Å²) in [6.45, 7) is 2.06. The molecule has 0 aliphatic heterocycles. The Balaban J connectivity index is 2.95.